The topological polar surface area (TPSA) is 33.2 Å². The predicted molar refractivity (Wildman–Crippen MR) is 93.6 cm³/mol. The average molecular weight is 340 g/mol. The number of carbonyl (C=O) groups excluding carboxylic acids is 1. The molecule has 1 aliphatic heterocycles. The Bertz CT molecular complexity index is 859. The summed E-state index contributed by atoms with van der Waals surface area (Å²) in [5.41, 5.74) is 1.38. The lowest BCUT2D eigenvalue weighted by Gasteiger charge is -2.34. The summed E-state index contributed by atoms with van der Waals surface area (Å²) >= 11 is 1.64. The summed E-state index contributed by atoms with van der Waals surface area (Å²) in [5, 5.41) is 0.973. The van der Waals surface area contributed by atoms with Crippen molar-refractivity contribution in [1.82, 2.24) is 9.88 Å². The highest BCUT2D eigenvalue weighted by Crippen LogP contribution is 2.36. The Kier molecular flexibility index (Phi) is 4.02. The number of nitrogens with zero attached hydrogens (tertiary/aromatic N) is 2. The highest BCUT2D eigenvalue weighted by atomic mass is 32.1. The first kappa shape index (κ1) is 15.3. The van der Waals surface area contributed by atoms with Crippen LogP contribution < -0.4 is 0 Å². The van der Waals surface area contributed by atoms with Crippen molar-refractivity contribution in [3.8, 4) is 0 Å². The van der Waals surface area contributed by atoms with Crippen molar-refractivity contribution in [3.63, 3.8) is 0 Å². The minimum atomic E-state index is -0.380. The minimum Gasteiger partial charge on any atom is -0.329 e. The molecule has 5 heteroatoms. The summed E-state index contributed by atoms with van der Waals surface area (Å²) in [6.07, 6.45) is 2.96. The number of hydrogen-bond donors (Lipinski definition) is 0. The largest absolute Gasteiger partial charge is 0.329 e. The molecule has 122 valence electrons. The van der Waals surface area contributed by atoms with E-state index in [1.54, 1.807) is 23.5 Å². The van der Waals surface area contributed by atoms with E-state index in [1.165, 1.54) is 12.1 Å². The Morgan fingerprint density at radius 2 is 2.04 bits per heavy atom. The normalized spacial score (nSPS) is 18.0. The van der Waals surface area contributed by atoms with E-state index >= 15 is 0 Å². The number of likely N-dealkylation sites (tertiary alicyclic amines) is 1. The van der Waals surface area contributed by atoms with Crippen molar-refractivity contribution in [3.05, 3.63) is 64.9 Å². The first-order valence-electron chi connectivity index (χ1n) is 8.14. The van der Waals surface area contributed by atoms with Gasteiger partial charge < -0.3 is 4.90 Å². The summed E-state index contributed by atoms with van der Waals surface area (Å²) in [7, 11) is 0. The van der Waals surface area contributed by atoms with Crippen LogP contribution >= 0.6 is 11.3 Å². The van der Waals surface area contributed by atoms with Crippen LogP contribution in [-0.4, -0.2) is 22.3 Å². The number of amides is 1. The molecular formula is C19H17FN2OS. The van der Waals surface area contributed by atoms with E-state index in [9.17, 15) is 9.18 Å². The Labute approximate surface area is 143 Å². The Morgan fingerprint density at radius 3 is 2.88 bits per heavy atom. The molecule has 0 N–H and O–H groups in total. The third kappa shape index (κ3) is 2.80. The Morgan fingerprint density at radius 1 is 1.17 bits per heavy atom. The van der Waals surface area contributed by atoms with Gasteiger partial charge in [0, 0.05) is 12.1 Å². The third-order valence-corrected chi connectivity index (χ3v) is 5.57. The molecule has 0 bridgehead atoms. The number of hydrogen-bond acceptors (Lipinski definition) is 3. The van der Waals surface area contributed by atoms with Crippen LogP contribution in [0.15, 0.2) is 48.5 Å². The SMILES string of the molecule is O=C(c1cccc(F)c1)N1CCCCC1c1nc2ccccc2s1. The van der Waals surface area contributed by atoms with Gasteiger partial charge in [0.15, 0.2) is 0 Å². The lowest BCUT2D eigenvalue weighted by atomic mass is 10.0. The molecule has 1 unspecified atom stereocenters. The summed E-state index contributed by atoms with van der Waals surface area (Å²) < 4.78 is 14.6. The predicted octanol–water partition coefficient (Wildman–Crippen LogP) is 4.80. The molecule has 0 aliphatic carbocycles. The molecule has 0 saturated carbocycles. The molecule has 0 spiro atoms. The van der Waals surface area contributed by atoms with Gasteiger partial charge in [-0.3, -0.25) is 4.79 Å². The van der Waals surface area contributed by atoms with E-state index in [4.69, 9.17) is 4.98 Å². The van der Waals surface area contributed by atoms with Crippen LogP contribution in [0.2, 0.25) is 0 Å². The van der Waals surface area contributed by atoms with Crippen molar-refractivity contribution in [1.29, 1.82) is 0 Å². The van der Waals surface area contributed by atoms with E-state index in [0.717, 1.165) is 34.5 Å². The molecule has 3 nitrogen and oxygen atoms in total. The summed E-state index contributed by atoms with van der Waals surface area (Å²) in [6, 6.07) is 13.9. The van der Waals surface area contributed by atoms with Gasteiger partial charge in [-0.1, -0.05) is 18.2 Å². The van der Waals surface area contributed by atoms with Crippen molar-refractivity contribution in [2.75, 3.05) is 6.54 Å². The zero-order valence-electron chi connectivity index (χ0n) is 13.1. The van der Waals surface area contributed by atoms with E-state index in [0.29, 0.717) is 12.1 Å². The number of benzene rings is 2. The van der Waals surface area contributed by atoms with Gasteiger partial charge in [0.1, 0.15) is 10.8 Å². The maximum Gasteiger partial charge on any atom is 0.254 e. The molecule has 1 atom stereocenters. The van der Waals surface area contributed by atoms with Gasteiger partial charge in [-0.05, 0) is 49.6 Å². The summed E-state index contributed by atoms with van der Waals surface area (Å²) in [5.74, 6) is -0.493. The number of thiazole rings is 1. The van der Waals surface area contributed by atoms with Crippen molar-refractivity contribution >= 4 is 27.5 Å². The van der Waals surface area contributed by atoms with Crippen LogP contribution in [0.25, 0.3) is 10.2 Å². The maximum absolute atomic E-state index is 13.5. The average Bonchev–Trinajstić information content (AvgIpc) is 3.05. The molecular weight excluding hydrogens is 323 g/mol. The highest BCUT2D eigenvalue weighted by Gasteiger charge is 2.31. The molecule has 4 rings (SSSR count). The molecule has 1 fully saturated rings. The first-order chi connectivity index (χ1) is 11.7. The molecule has 1 aromatic heterocycles. The number of halogens is 1. The fraction of sp³-hybridized carbons (Fsp3) is 0.263. The summed E-state index contributed by atoms with van der Waals surface area (Å²) in [6.45, 7) is 0.690. The number of aromatic nitrogens is 1. The smallest absolute Gasteiger partial charge is 0.254 e. The zero-order chi connectivity index (χ0) is 16.5. The van der Waals surface area contributed by atoms with Gasteiger partial charge >= 0.3 is 0 Å². The second kappa shape index (κ2) is 6.32. The van der Waals surface area contributed by atoms with E-state index in [1.807, 2.05) is 23.1 Å². The monoisotopic (exact) mass is 340 g/mol. The quantitative estimate of drug-likeness (QED) is 0.671. The van der Waals surface area contributed by atoms with Gasteiger partial charge in [0.05, 0.1) is 16.3 Å². The third-order valence-electron chi connectivity index (χ3n) is 4.43. The zero-order valence-corrected chi connectivity index (χ0v) is 13.9. The van der Waals surface area contributed by atoms with E-state index in [2.05, 4.69) is 6.07 Å². The number of rotatable bonds is 2. The summed E-state index contributed by atoms with van der Waals surface area (Å²) in [4.78, 5) is 19.5. The lowest BCUT2D eigenvalue weighted by Crippen LogP contribution is -2.38. The van der Waals surface area contributed by atoms with Crippen LogP contribution in [0.4, 0.5) is 4.39 Å². The van der Waals surface area contributed by atoms with Crippen LogP contribution in [0.1, 0.15) is 40.7 Å². The van der Waals surface area contributed by atoms with Crippen molar-refractivity contribution < 1.29 is 9.18 Å². The van der Waals surface area contributed by atoms with Crippen LogP contribution in [0.5, 0.6) is 0 Å². The van der Waals surface area contributed by atoms with Gasteiger partial charge in [0.2, 0.25) is 0 Å². The van der Waals surface area contributed by atoms with Crippen LogP contribution in [0.3, 0.4) is 0 Å². The lowest BCUT2D eigenvalue weighted by molar-refractivity contribution is 0.0611. The van der Waals surface area contributed by atoms with E-state index in [-0.39, 0.29) is 17.8 Å². The van der Waals surface area contributed by atoms with Crippen molar-refractivity contribution in [2.24, 2.45) is 0 Å². The molecule has 2 heterocycles. The van der Waals surface area contributed by atoms with Crippen molar-refractivity contribution in [2.45, 2.75) is 25.3 Å². The number of fused-ring (bicyclic) bond motifs is 1. The fourth-order valence-electron chi connectivity index (χ4n) is 3.25. The Hall–Kier alpha value is -2.27. The molecule has 1 amide bonds. The fourth-order valence-corrected chi connectivity index (χ4v) is 4.37. The van der Waals surface area contributed by atoms with Gasteiger partial charge in [0.25, 0.3) is 5.91 Å². The molecule has 1 aliphatic rings. The maximum atomic E-state index is 13.5. The van der Waals surface area contributed by atoms with Gasteiger partial charge in [-0.25, -0.2) is 9.37 Å². The second-order valence-electron chi connectivity index (χ2n) is 6.04. The number of carbonyl (C=O) groups is 1. The van der Waals surface area contributed by atoms with E-state index < -0.39 is 0 Å². The molecule has 24 heavy (non-hydrogen) atoms. The van der Waals surface area contributed by atoms with Crippen LogP contribution in [-0.2, 0) is 0 Å². The number of para-hydroxylation sites is 1. The van der Waals surface area contributed by atoms with Gasteiger partial charge in [-0.2, -0.15) is 0 Å². The minimum absolute atomic E-state index is 0.0214. The molecule has 0 radical (unpaired) electrons. The first-order valence-corrected chi connectivity index (χ1v) is 8.96. The molecule has 1 saturated heterocycles. The highest BCUT2D eigenvalue weighted by molar-refractivity contribution is 7.18. The van der Waals surface area contributed by atoms with Crippen LogP contribution in [0, 0.1) is 5.82 Å². The number of piperidine rings is 1. The molecule has 3 aromatic rings. The Balaban J connectivity index is 1.69. The second-order valence-corrected chi connectivity index (χ2v) is 7.10. The standard InChI is InChI=1S/C19H17FN2OS/c20-14-7-5-6-13(12-14)19(23)22-11-4-3-9-16(22)18-21-15-8-1-2-10-17(15)24-18/h1-2,5-8,10,12,16H,3-4,9,11H2. The molecule has 2 aromatic carbocycles. The van der Waals surface area contributed by atoms with Gasteiger partial charge in [-0.15, -0.1) is 11.3 Å².